The van der Waals surface area contributed by atoms with Gasteiger partial charge in [-0.3, -0.25) is 0 Å². The molecule has 0 N–H and O–H groups in total. The molecule has 17 heavy (non-hydrogen) atoms. The van der Waals surface area contributed by atoms with Crippen LogP contribution in [0.2, 0.25) is 0 Å². The van der Waals surface area contributed by atoms with Gasteiger partial charge in [-0.25, -0.2) is 19.5 Å². The Morgan fingerprint density at radius 2 is 2.18 bits per heavy atom. The maximum Gasteiger partial charge on any atom is 0.456 e. The van der Waals surface area contributed by atoms with Gasteiger partial charge in [0.1, 0.15) is 5.03 Å². The molecule has 0 saturated heterocycles. The summed E-state index contributed by atoms with van der Waals surface area (Å²) in [5.74, 6) is 0. The number of fused-ring (bicyclic) bond motifs is 1. The number of amidine groups is 1. The molecule has 0 aliphatic carbocycles. The van der Waals surface area contributed by atoms with Crippen molar-refractivity contribution < 1.29 is 8.76 Å². The van der Waals surface area contributed by atoms with Gasteiger partial charge in [0.2, 0.25) is 0 Å². The summed E-state index contributed by atoms with van der Waals surface area (Å²) < 4.78 is 7.92. The molecule has 5 nitrogen and oxygen atoms in total. The van der Waals surface area contributed by atoms with E-state index in [1.54, 1.807) is 6.20 Å². The van der Waals surface area contributed by atoms with E-state index in [1.807, 2.05) is 55.3 Å². The summed E-state index contributed by atoms with van der Waals surface area (Å²) >= 11 is -0.888. The van der Waals surface area contributed by atoms with Gasteiger partial charge in [-0.05, 0) is 23.3 Å². The van der Waals surface area contributed by atoms with Crippen molar-refractivity contribution in [3.8, 4) is 0 Å². The zero-order valence-corrected chi connectivity index (χ0v) is 11.3. The maximum absolute atomic E-state index is 5.98. The quantitative estimate of drug-likeness (QED) is 0.354. The molecule has 2 rings (SSSR count). The molecule has 1 aromatic rings. The second-order valence-electron chi connectivity index (χ2n) is 4.08. The fourth-order valence-corrected chi connectivity index (χ4v) is 3.06. The molecule has 6 heteroatoms. The van der Waals surface area contributed by atoms with Crippen molar-refractivity contribution in [1.82, 2.24) is 9.88 Å². The van der Waals surface area contributed by atoms with Gasteiger partial charge >= 0.3 is 6.02 Å². The lowest BCUT2D eigenvalue weighted by Gasteiger charge is -2.17. The predicted octanol–water partition coefficient (Wildman–Crippen LogP) is 1.24. The summed E-state index contributed by atoms with van der Waals surface area (Å²) in [7, 11) is 7.82. The number of pyridine rings is 1. The highest BCUT2D eigenvalue weighted by atomic mass is 32.2. The summed E-state index contributed by atoms with van der Waals surface area (Å²) in [5, 5.41) is 0.934. The minimum atomic E-state index is -0.888. The van der Waals surface area contributed by atoms with E-state index < -0.39 is 11.2 Å². The number of hydrogen-bond donors (Lipinski definition) is 1. The Morgan fingerprint density at radius 1 is 1.41 bits per heavy atom. The summed E-state index contributed by atoms with van der Waals surface area (Å²) in [4.78, 5) is 10.6. The van der Waals surface area contributed by atoms with Gasteiger partial charge in [-0.2, -0.15) is 0 Å². The second kappa shape index (κ2) is 4.75. The van der Waals surface area contributed by atoms with Crippen molar-refractivity contribution in [1.29, 1.82) is 0 Å². The molecule has 1 aromatic heterocycles. The van der Waals surface area contributed by atoms with Gasteiger partial charge in [-0.15, -0.1) is 0 Å². The van der Waals surface area contributed by atoms with Crippen LogP contribution in [0.3, 0.4) is 0 Å². The van der Waals surface area contributed by atoms with Gasteiger partial charge in [0, 0.05) is 6.20 Å². The molecule has 0 radical (unpaired) electrons. The SMILES string of the molecule is CN(C)C(O[SH]1C=Nc2cccnc21)=[N+](C)C. The molecular formula is C11H17N4OS+. The van der Waals surface area contributed by atoms with E-state index in [1.165, 1.54) is 0 Å². The lowest BCUT2D eigenvalue weighted by molar-refractivity contribution is -0.477. The zero-order chi connectivity index (χ0) is 12.4. The van der Waals surface area contributed by atoms with E-state index in [0.717, 1.165) is 16.7 Å². The number of aromatic nitrogens is 1. The molecule has 1 unspecified atom stereocenters. The van der Waals surface area contributed by atoms with Gasteiger partial charge < -0.3 is 4.18 Å². The van der Waals surface area contributed by atoms with Gasteiger partial charge in [0.05, 0.1) is 39.4 Å². The first-order valence-electron chi connectivity index (χ1n) is 5.27. The van der Waals surface area contributed by atoms with Crippen LogP contribution in [-0.4, -0.2) is 54.2 Å². The van der Waals surface area contributed by atoms with E-state index in [-0.39, 0.29) is 0 Å². The fraction of sp³-hybridized carbons (Fsp3) is 0.364. The highest BCUT2D eigenvalue weighted by molar-refractivity contribution is 8.25. The minimum Gasteiger partial charge on any atom is -0.372 e. The van der Waals surface area contributed by atoms with E-state index in [4.69, 9.17) is 4.18 Å². The Labute approximate surface area is 104 Å². The van der Waals surface area contributed by atoms with Crippen LogP contribution in [0.1, 0.15) is 0 Å². The number of hydrogen-bond acceptors (Lipinski definition) is 3. The largest absolute Gasteiger partial charge is 0.456 e. The van der Waals surface area contributed by atoms with E-state index in [9.17, 15) is 0 Å². The number of thiol groups is 1. The van der Waals surface area contributed by atoms with Crippen LogP contribution < -0.4 is 0 Å². The van der Waals surface area contributed by atoms with Crippen molar-refractivity contribution in [2.75, 3.05) is 28.2 Å². The monoisotopic (exact) mass is 253 g/mol. The fourth-order valence-electron chi connectivity index (χ4n) is 1.55. The first kappa shape index (κ1) is 11.9. The molecule has 0 bridgehead atoms. The summed E-state index contributed by atoms with van der Waals surface area (Å²) in [5.41, 5.74) is 2.76. The normalized spacial score (nSPS) is 18.7. The maximum atomic E-state index is 5.98. The van der Waals surface area contributed by atoms with Crippen molar-refractivity contribution in [2.24, 2.45) is 4.99 Å². The third kappa shape index (κ3) is 2.41. The standard InChI is InChI=1S/C11H17N4OS/c1-14(2)11(15(3)4)16-17-8-13-9-6-5-7-12-10(9)17/h5-8,17H,1-4H3/q+1. The third-order valence-corrected chi connectivity index (χ3v) is 3.67. The first-order chi connectivity index (χ1) is 8.09. The van der Waals surface area contributed by atoms with E-state index >= 15 is 0 Å². The Hall–Kier alpha value is -1.56. The van der Waals surface area contributed by atoms with Crippen molar-refractivity contribution in [2.45, 2.75) is 5.03 Å². The second-order valence-corrected chi connectivity index (χ2v) is 5.57. The van der Waals surface area contributed by atoms with E-state index in [0.29, 0.717) is 0 Å². The van der Waals surface area contributed by atoms with Crippen molar-refractivity contribution >= 4 is 28.4 Å². The van der Waals surface area contributed by atoms with E-state index in [2.05, 4.69) is 9.98 Å². The molecule has 0 amide bonds. The Kier molecular flexibility index (Phi) is 3.33. The Balaban J connectivity index is 2.23. The average molecular weight is 253 g/mol. The summed E-state index contributed by atoms with van der Waals surface area (Å²) in [6, 6.07) is 4.65. The molecule has 1 aliphatic rings. The molecule has 1 atom stereocenters. The van der Waals surface area contributed by atoms with Crippen LogP contribution in [0.5, 0.6) is 0 Å². The van der Waals surface area contributed by atoms with Gasteiger partial charge in [-0.1, -0.05) is 0 Å². The molecular weight excluding hydrogens is 236 g/mol. The summed E-state index contributed by atoms with van der Waals surface area (Å²) in [6.07, 6.45) is 1.78. The average Bonchev–Trinajstić information content (AvgIpc) is 2.68. The molecule has 0 saturated carbocycles. The predicted molar refractivity (Wildman–Crippen MR) is 71.5 cm³/mol. The van der Waals surface area contributed by atoms with Crippen LogP contribution in [0.25, 0.3) is 0 Å². The van der Waals surface area contributed by atoms with Gasteiger partial charge in [0.15, 0.2) is 0 Å². The van der Waals surface area contributed by atoms with Crippen molar-refractivity contribution in [3.05, 3.63) is 18.3 Å². The molecule has 0 fully saturated rings. The smallest absolute Gasteiger partial charge is 0.372 e. The zero-order valence-electron chi connectivity index (χ0n) is 10.5. The highest BCUT2D eigenvalue weighted by Crippen LogP contribution is 2.44. The lowest BCUT2D eigenvalue weighted by Crippen LogP contribution is -2.31. The van der Waals surface area contributed by atoms with Crippen molar-refractivity contribution in [3.63, 3.8) is 0 Å². The highest BCUT2D eigenvalue weighted by Gasteiger charge is 2.24. The van der Waals surface area contributed by atoms with Gasteiger partial charge in [0.25, 0.3) is 0 Å². The first-order valence-corrected chi connectivity index (χ1v) is 6.60. The third-order valence-electron chi connectivity index (χ3n) is 2.22. The molecule has 0 spiro atoms. The van der Waals surface area contributed by atoms with Crippen LogP contribution in [0, 0.1) is 0 Å². The minimum absolute atomic E-state index is 0.807. The number of nitrogens with zero attached hydrogens (tertiary/aromatic N) is 4. The Bertz CT molecular complexity index is 480. The van der Waals surface area contributed by atoms with Crippen LogP contribution in [0.4, 0.5) is 5.69 Å². The molecule has 2 heterocycles. The van der Waals surface area contributed by atoms with Crippen LogP contribution in [0.15, 0.2) is 28.3 Å². The molecule has 0 aromatic carbocycles. The number of aliphatic imine (C=N–C) groups is 1. The number of rotatable bonds is 1. The van der Waals surface area contributed by atoms with Crippen LogP contribution in [-0.2, 0) is 4.18 Å². The lowest BCUT2D eigenvalue weighted by atomic mass is 10.4. The van der Waals surface area contributed by atoms with Crippen LogP contribution >= 0.6 is 11.2 Å². The summed E-state index contributed by atoms with van der Waals surface area (Å²) in [6.45, 7) is 0. The Morgan fingerprint density at radius 3 is 2.82 bits per heavy atom. The molecule has 1 aliphatic heterocycles. The molecule has 92 valence electrons. The topological polar surface area (TPSA) is 40.7 Å².